The maximum atomic E-state index is 13.0. The smallest absolute Gasteiger partial charge is 0.235 e. The number of carbonyl (C=O) groups excluding carboxylic acids is 1. The van der Waals surface area contributed by atoms with E-state index < -0.39 is 0 Å². The summed E-state index contributed by atoms with van der Waals surface area (Å²) in [4.78, 5) is 17.7. The van der Waals surface area contributed by atoms with Gasteiger partial charge in [0.05, 0.1) is 16.7 Å². The minimum Gasteiger partial charge on any atom is -0.278 e. The van der Waals surface area contributed by atoms with Gasteiger partial charge in [0, 0.05) is 28.8 Å². The number of benzene rings is 1. The third-order valence-corrected chi connectivity index (χ3v) is 5.27. The van der Waals surface area contributed by atoms with Crippen LogP contribution in [0.1, 0.15) is 42.1 Å². The molecule has 2 aliphatic rings. The molecule has 0 spiro atoms. The molecule has 1 aromatic carbocycles. The van der Waals surface area contributed by atoms with Gasteiger partial charge in [-0.1, -0.05) is 31.0 Å². The number of rotatable bonds is 0. The number of hydrogen-bond donors (Lipinski definition) is 0. The van der Waals surface area contributed by atoms with Gasteiger partial charge in [0.1, 0.15) is 0 Å². The third-order valence-electron chi connectivity index (χ3n) is 5.27. The van der Waals surface area contributed by atoms with E-state index in [0.29, 0.717) is 5.92 Å². The highest BCUT2D eigenvalue weighted by atomic mass is 16.2. The van der Waals surface area contributed by atoms with Gasteiger partial charge in [-0.15, -0.1) is 0 Å². The van der Waals surface area contributed by atoms with Crippen LogP contribution in [0.3, 0.4) is 0 Å². The first-order valence-corrected chi connectivity index (χ1v) is 7.78. The van der Waals surface area contributed by atoms with E-state index in [9.17, 15) is 4.79 Å². The molecule has 1 aliphatic carbocycles. The van der Waals surface area contributed by atoms with Crippen LogP contribution in [-0.4, -0.2) is 15.5 Å². The van der Waals surface area contributed by atoms with E-state index in [1.807, 2.05) is 29.0 Å². The average Bonchev–Trinajstić information content (AvgIpc) is 2.89. The van der Waals surface area contributed by atoms with Crippen LogP contribution in [0.5, 0.6) is 0 Å². The first kappa shape index (κ1) is 11.5. The number of para-hydroxylation sites is 1. The molecule has 0 amide bonds. The molecule has 0 N–H and O–H groups in total. The zero-order chi connectivity index (χ0) is 14.0. The molecule has 21 heavy (non-hydrogen) atoms. The van der Waals surface area contributed by atoms with Crippen LogP contribution in [0.4, 0.5) is 0 Å². The summed E-state index contributed by atoms with van der Waals surface area (Å²) < 4.78 is 1.94. The Morgan fingerprint density at radius 1 is 1.00 bits per heavy atom. The zero-order valence-electron chi connectivity index (χ0n) is 11.7. The van der Waals surface area contributed by atoms with Crippen molar-refractivity contribution in [3.8, 4) is 0 Å². The molecule has 1 fully saturated rings. The SMILES string of the molecule is O=C1C2CCCCC2c2nccc3c4ccccc4n1c23. The van der Waals surface area contributed by atoms with Crippen molar-refractivity contribution in [1.29, 1.82) is 0 Å². The highest BCUT2D eigenvalue weighted by Crippen LogP contribution is 2.46. The second kappa shape index (κ2) is 3.94. The lowest BCUT2D eigenvalue weighted by Gasteiger charge is -2.34. The Morgan fingerprint density at radius 3 is 2.71 bits per heavy atom. The van der Waals surface area contributed by atoms with Gasteiger partial charge in [-0.2, -0.15) is 0 Å². The zero-order valence-corrected chi connectivity index (χ0v) is 11.7. The highest BCUT2D eigenvalue weighted by molar-refractivity contribution is 6.15. The van der Waals surface area contributed by atoms with Crippen LogP contribution >= 0.6 is 0 Å². The predicted molar refractivity (Wildman–Crippen MR) is 82.6 cm³/mol. The number of aromatic nitrogens is 2. The van der Waals surface area contributed by atoms with Gasteiger partial charge in [0.25, 0.3) is 0 Å². The summed E-state index contributed by atoms with van der Waals surface area (Å²) in [7, 11) is 0. The summed E-state index contributed by atoms with van der Waals surface area (Å²) in [5.41, 5.74) is 3.25. The predicted octanol–water partition coefficient (Wildman–Crippen LogP) is 4.12. The van der Waals surface area contributed by atoms with Crippen LogP contribution < -0.4 is 0 Å². The lowest BCUT2D eigenvalue weighted by Crippen LogP contribution is -2.34. The number of hydrogen-bond acceptors (Lipinski definition) is 2. The minimum atomic E-state index is 0.125. The molecule has 0 bridgehead atoms. The van der Waals surface area contributed by atoms with E-state index >= 15 is 0 Å². The Morgan fingerprint density at radius 2 is 1.81 bits per heavy atom. The van der Waals surface area contributed by atoms with Gasteiger partial charge in [0.2, 0.25) is 5.91 Å². The van der Waals surface area contributed by atoms with Crippen LogP contribution in [0.2, 0.25) is 0 Å². The van der Waals surface area contributed by atoms with Gasteiger partial charge in [-0.25, -0.2) is 0 Å². The molecule has 5 rings (SSSR count). The molecular formula is C18H16N2O. The average molecular weight is 276 g/mol. The summed E-state index contributed by atoms with van der Waals surface area (Å²) in [5, 5.41) is 2.34. The fourth-order valence-electron chi connectivity index (χ4n) is 4.36. The molecule has 1 saturated carbocycles. The van der Waals surface area contributed by atoms with Crippen molar-refractivity contribution in [3.63, 3.8) is 0 Å². The molecule has 3 heteroatoms. The molecule has 104 valence electrons. The van der Waals surface area contributed by atoms with E-state index in [2.05, 4.69) is 17.1 Å². The van der Waals surface area contributed by atoms with Crippen LogP contribution in [0.15, 0.2) is 36.5 Å². The molecule has 2 aromatic heterocycles. The van der Waals surface area contributed by atoms with E-state index in [4.69, 9.17) is 0 Å². The van der Waals surface area contributed by atoms with Crippen molar-refractivity contribution in [3.05, 3.63) is 42.2 Å². The van der Waals surface area contributed by atoms with Gasteiger partial charge in [0.15, 0.2) is 0 Å². The Kier molecular flexibility index (Phi) is 2.16. The Hall–Kier alpha value is -2.16. The van der Waals surface area contributed by atoms with Crippen molar-refractivity contribution < 1.29 is 4.79 Å². The first-order valence-electron chi connectivity index (χ1n) is 7.78. The van der Waals surface area contributed by atoms with Gasteiger partial charge in [-0.05, 0) is 25.0 Å². The lowest BCUT2D eigenvalue weighted by atomic mass is 9.75. The van der Waals surface area contributed by atoms with Gasteiger partial charge < -0.3 is 0 Å². The number of pyridine rings is 1. The summed E-state index contributed by atoms with van der Waals surface area (Å²) in [6.07, 6.45) is 6.40. The van der Waals surface area contributed by atoms with Crippen molar-refractivity contribution in [2.75, 3.05) is 0 Å². The topological polar surface area (TPSA) is 34.9 Å². The Labute approximate surface area is 122 Å². The Balaban J connectivity index is 1.98. The molecule has 3 aromatic rings. The van der Waals surface area contributed by atoms with Crippen molar-refractivity contribution in [2.45, 2.75) is 31.6 Å². The second-order valence-electron chi connectivity index (χ2n) is 6.28. The third kappa shape index (κ3) is 1.34. The molecule has 1 aliphatic heterocycles. The van der Waals surface area contributed by atoms with Crippen LogP contribution in [0.25, 0.3) is 21.8 Å². The molecule has 2 atom stereocenters. The molecule has 2 unspecified atom stereocenters. The normalized spacial score (nSPS) is 24.5. The van der Waals surface area contributed by atoms with Crippen molar-refractivity contribution in [1.82, 2.24) is 9.55 Å². The summed E-state index contributed by atoms with van der Waals surface area (Å²) in [6.45, 7) is 0. The maximum absolute atomic E-state index is 13.0. The quantitative estimate of drug-likeness (QED) is 0.619. The van der Waals surface area contributed by atoms with Gasteiger partial charge in [-0.3, -0.25) is 14.3 Å². The fourth-order valence-corrected chi connectivity index (χ4v) is 4.36. The van der Waals surface area contributed by atoms with E-state index in [1.54, 1.807) is 0 Å². The Bertz CT molecular complexity index is 893. The monoisotopic (exact) mass is 276 g/mol. The molecule has 3 heterocycles. The molecule has 3 nitrogen and oxygen atoms in total. The summed E-state index contributed by atoms with van der Waals surface area (Å²) >= 11 is 0. The highest BCUT2D eigenvalue weighted by Gasteiger charge is 2.40. The van der Waals surface area contributed by atoms with E-state index in [-0.39, 0.29) is 11.8 Å². The standard InChI is InChI=1S/C18H16N2O/c21-18-14-7-2-1-6-12(14)16-17-13(9-10-19-16)11-5-3-4-8-15(11)20(17)18/h3-5,8-10,12,14H,1-2,6-7H2. The van der Waals surface area contributed by atoms with E-state index in [0.717, 1.165) is 36.0 Å². The molecule has 0 radical (unpaired) electrons. The fraction of sp³-hybridized carbons (Fsp3) is 0.333. The lowest BCUT2D eigenvalue weighted by molar-refractivity contribution is 0.0776. The summed E-state index contributed by atoms with van der Waals surface area (Å²) in [6, 6.07) is 10.3. The number of fused-ring (bicyclic) bond motifs is 5. The minimum absolute atomic E-state index is 0.125. The number of carbonyl (C=O) groups is 1. The number of nitrogens with zero attached hydrogens (tertiary/aromatic N) is 2. The van der Waals surface area contributed by atoms with Crippen molar-refractivity contribution in [2.24, 2.45) is 5.92 Å². The van der Waals surface area contributed by atoms with Crippen LogP contribution in [-0.2, 0) is 0 Å². The molecule has 0 saturated heterocycles. The molecular weight excluding hydrogens is 260 g/mol. The van der Waals surface area contributed by atoms with Crippen LogP contribution in [0, 0.1) is 5.92 Å². The van der Waals surface area contributed by atoms with Crippen molar-refractivity contribution >= 4 is 27.7 Å². The first-order chi connectivity index (χ1) is 10.4. The largest absolute Gasteiger partial charge is 0.278 e. The van der Waals surface area contributed by atoms with E-state index in [1.165, 1.54) is 17.2 Å². The summed E-state index contributed by atoms with van der Waals surface area (Å²) in [5.74, 6) is 0.735. The second-order valence-corrected chi connectivity index (χ2v) is 6.28. The maximum Gasteiger partial charge on any atom is 0.235 e. The van der Waals surface area contributed by atoms with Gasteiger partial charge >= 0.3 is 0 Å².